The van der Waals surface area contributed by atoms with E-state index >= 15 is 0 Å². The molecule has 17 heavy (non-hydrogen) atoms. The number of rotatable bonds is 6. The largest absolute Gasteiger partial charge is 0.480 e. The summed E-state index contributed by atoms with van der Waals surface area (Å²) in [6, 6.07) is -1.25. The third-order valence-corrected chi connectivity index (χ3v) is 2.21. The summed E-state index contributed by atoms with van der Waals surface area (Å²) in [7, 11) is 0. The summed E-state index contributed by atoms with van der Waals surface area (Å²) in [4.78, 5) is 21.5. The molecule has 0 bridgehead atoms. The summed E-state index contributed by atoms with van der Waals surface area (Å²) in [6.07, 6.45) is -4.18. The number of aliphatic carboxylic acids is 1. The van der Waals surface area contributed by atoms with Gasteiger partial charge in [-0.2, -0.15) is 24.9 Å². The highest BCUT2D eigenvalue weighted by Gasteiger charge is 2.30. The minimum atomic E-state index is -4.63. The van der Waals surface area contributed by atoms with E-state index < -0.39 is 30.9 Å². The van der Waals surface area contributed by atoms with Gasteiger partial charge in [-0.3, -0.25) is 0 Å². The van der Waals surface area contributed by atoms with Crippen molar-refractivity contribution >= 4 is 23.8 Å². The molecular formula is C8H12F3NO4S. The maximum atomic E-state index is 11.7. The molecule has 0 aliphatic carbocycles. The first-order chi connectivity index (χ1) is 7.76. The number of carbonyl (C=O) groups is 2. The minimum Gasteiger partial charge on any atom is -0.480 e. The van der Waals surface area contributed by atoms with Gasteiger partial charge in [-0.1, -0.05) is 0 Å². The number of hydrogen-bond donors (Lipinski definition) is 2. The van der Waals surface area contributed by atoms with Crippen molar-refractivity contribution in [3.05, 3.63) is 0 Å². The van der Waals surface area contributed by atoms with Gasteiger partial charge in [0.1, 0.15) is 6.04 Å². The summed E-state index contributed by atoms with van der Waals surface area (Å²) in [6.45, 7) is -1.74. The van der Waals surface area contributed by atoms with Gasteiger partial charge in [-0.05, 0) is 18.4 Å². The Kier molecular flexibility index (Phi) is 6.78. The van der Waals surface area contributed by atoms with Crippen molar-refractivity contribution in [3.8, 4) is 0 Å². The number of carboxylic acids is 1. The molecule has 100 valence electrons. The number of ether oxygens (including phenoxy) is 1. The lowest BCUT2D eigenvalue weighted by atomic mass is 10.2. The van der Waals surface area contributed by atoms with Crippen molar-refractivity contribution in [3.63, 3.8) is 0 Å². The van der Waals surface area contributed by atoms with Crippen molar-refractivity contribution in [2.24, 2.45) is 0 Å². The van der Waals surface area contributed by atoms with Gasteiger partial charge in [-0.15, -0.1) is 0 Å². The van der Waals surface area contributed by atoms with Gasteiger partial charge in [-0.25, -0.2) is 9.59 Å². The van der Waals surface area contributed by atoms with Crippen LogP contribution in [0.3, 0.4) is 0 Å². The number of alkyl carbamates (subject to hydrolysis) is 1. The number of alkyl halides is 3. The minimum absolute atomic E-state index is 0.109. The second-order valence-corrected chi connectivity index (χ2v) is 3.99. The predicted molar refractivity (Wildman–Crippen MR) is 55.0 cm³/mol. The zero-order valence-electron chi connectivity index (χ0n) is 8.91. The SMILES string of the molecule is CSCCC(NC(=O)OCC(F)(F)F)C(=O)O. The van der Waals surface area contributed by atoms with Crippen LogP contribution >= 0.6 is 11.8 Å². The number of amides is 1. The van der Waals surface area contributed by atoms with Gasteiger partial charge in [0.15, 0.2) is 6.61 Å². The van der Waals surface area contributed by atoms with Gasteiger partial charge in [0.25, 0.3) is 0 Å². The lowest BCUT2D eigenvalue weighted by Crippen LogP contribution is -2.42. The van der Waals surface area contributed by atoms with Gasteiger partial charge in [0, 0.05) is 0 Å². The molecule has 0 heterocycles. The first-order valence-electron chi connectivity index (χ1n) is 4.48. The number of hydrogen-bond acceptors (Lipinski definition) is 4. The molecule has 0 spiro atoms. The fraction of sp³-hybridized carbons (Fsp3) is 0.750. The molecule has 2 N–H and O–H groups in total. The van der Waals surface area contributed by atoms with E-state index in [1.807, 2.05) is 5.32 Å². The molecule has 0 radical (unpaired) electrons. The summed E-state index contributed by atoms with van der Waals surface area (Å²) in [5.41, 5.74) is 0. The average Bonchev–Trinajstić information content (AvgIpc) is 2.19. The molecule has 0 saturated carbocycles. The van der Waals surface area contributed by atoms with Crippen LogP contribution < -0.4 is 5.32 Å². The van der Waals surface area contributed by atoms with Gasteiger partial charge >= 0.3 is 18.2 Å². The molecular weight excluding hydrogens is 263 g/mol. The van der Waals surface area contributed by atoms with Crippen LogP contribution in [0.2, 0.25) is 0 Å². The molecule has 1 unspecified atom stereocenters. The molecule has 5 nitrogen and oxygen atoms in total. The molecule has 0 aliphatic heterocycles. The maximum Gasteiger partial charge on any atom is 0.422 e. The summed E-state index contributed by atoms with van der Waals surface area (Å²) < 4.78 is 38.9. The highest BCUT2D eigenvalue weighted by atomic mass is 32.2. The van der Waals surface area contributed by atoms with Gasteiger partial charge in [0.05, 0.1) is 0 Å². The normalized spacial score (nSPS) is 12.9. The van der Waals surface area contributed by atoms with E-state index in [-0.39, 0.29) is 6.42 Å². The second-order valence-electron chi connectivity index (χ2n) is 3.01. The first-order valence-corrected chi connectivity index (χ1v) is 5.87. The lowest BCUT2D eigenvalue weighted by molar-refractivity contribution is -0.160. The van der Waals surface area contributed by atoms with E-state index in [1.165, 1.54) is 11.8 Å². The molecule has 1 amide bonds. The fourth-order valence-corrected chi connectivity index (χ4v) is 1.30. The first kappa shape index (κ1) is 15.9. The standard InChI is InChI=1S/C8H12F3NO4S/c1-17-3-2-5(6(13)14)12-7(15)16-4-8(9,10)11/h5H,2-4H2,1H3,(H,12,15)(H,13,14). The van der Waals surface area contributed by atoms with E-state index in [0.29, 0.717) is 5.75 Å². The van der Waals surface area contributed by atoms with Crippen LogP contribution in [-0.2, 0) is 9.53 Å². The number of carbonyl (C=O) groups excluding carboxylic acids is 1. The average molecular weight is 275 g/mol. The number of halogens is 3. The van der Waals surface area contributed by atoms with Crippen LogP contribution in [0.1, 0.15) is 6.42 Å². The van der Waals surface area contributed by atoms with Gasteiger partial charge in [0.2, 0.25) is 0 Å². The Balaban J connectivity index is 4.08. The quantitative estimate of drug-likeness (QED) is 0.768. The fourth-order valence-electron chi connectivity index (χ4n) is 0.824. The smallest absolute Gasteiger partial charge is 0.422 e. The van der Waals surface area contributed by atoms with Crippen LogP contribution in [0.5, 0.6) is 0 Å². The van der Waals surface area contributed by atoms with Crippen LogP contribution in [0.15, 0.2) is 0 Å². The maximum absolute atomic E-state index is 11.7. The molecule has 0 aromatic carbocycles. The third-order valence-electron chi connectivity index (χ3n) is 1.57. The molecule has 0 fully saturated rings. The highest BCUT2D eigenvalue weighted by molar-refractivity contribution is 7.98. The molecule has 0 saturated heterocycles. The second kappa shape index (κ2) is 7.25. The Labute approximate surface area is 99.7 Å². The van der Waals surface area contributed by atoms with Crippen LogP contribution in [-0.4, -0.2) is 48.0 Å². The van der Waals surface area contributed by atoms with E-state index in [4.69, 9.17) is 5.11 Å². The van der Waals surface area contributed by atoms with E-state index in [0.717, 1.165) is 0 Å². The zero-order chi connectivity index (χ0) is 13.5. The van der Waals surface area contributed by atoms with Crippen molar-refractivity contribution < 1.29 is 32.6 Å². The van der Waals surface area contributed by atoms with Gasteiger partial charge < -0.3 is 15.2 Å². The van der Waals surface area contributed by atoms with Crippen LogP contribution in [0.4, 0.5) is 18.0 Å². The number of thioether (sulfide) groups is 1. The lowest BCUT2D eigenvalue weighted by Gasteiger charge is -2.14. The van der Waals surface area contributed by atoms with Crippen LogP contribution in [0.25, 0.3) is 0 Å². The Morgan fingerprint density at radius 3 is 2.47 bits per heavy atom. The van der Waals surface area contributed by atoms with Crippen molar-refractivity contribution in [2.75, 3.05) is 18.6 Å². The monoisotopic (exact) mass is 275 g/mol. The Morgan fingerprint density at radius 1 is 1.47 bits per heavy atom. The highest BCUT2D eigenvalue weighted by Crippen LogP contribution is 2.14. The summed E-state index contributed by atoms with van der Waals surface area (Å²) >= 11 is 1.36. The number of nitrogens with one attached hydrogen (secondary N) is 1. The molecule has 9 heteroatoms. The zero-order valence-corrected chi connectivity index (χ0v) is 9.73. The van der Waals surface area contributed by atoms with E-state index in [2.05, 4.69) is 4.74 Å². The van der Waals surface area contributed by atoms with Crippen LogP contribution in [0, 0.1) is 0 Å². The molecule has 1 atom stereocenters. The van der Waals surface area contributed by atoms with Crippen molar-refractivity contribution in [2.45, 2.75) is 18.6 Å². The molecule has 0 rings (SSSR count). The summed E-state index contributed by atoms with van der Waals surface area (Å²) in [5.74, 6) is -0.862. The van der Waals surface area contributed by atoms with E-state index in [1.54, 1.807) is 6.26 Å². The van der Waals surface area contributed by atoms with E-state index in [9.17, 15) is 22.8 Å². The Hall–Kier alpha value is -1.12. The summed E-state index contributed by atoms with van der Waals surface area (Å²) in [5, 5.41) is 10.5. The molecule has 0 aliphatic rings. The Bertz CT molecular complexity index is 272. The van der Waals surface area contributed by atoms with Crippen molar-refractivity contribution in [1.82, 2.24) is 5.32 Å². The topological polar surface area (TPSA) is 75.6 Å². The third kappa shape index (κ3) is 8.66. The number of carboxylic acid groups (broad SMARTS) is 1. The predicted octanol–water partition coefficient (Wildman–Crippen LogP) is 1.48. The molecule has 0 aromatic rings. The van der Waals surface area contributed by atoms with Crippen molar-refractivity contribution in [1.29, 1.82) is 0 Å². The molecule has 0 aromatic heterocycles. The Morgan fingerprint density at radius 2 is 2.06 bits per heavy atom.